The first kappa shape index (κ1) is 29.4. The molecule has 1 heterocycles. The third-order valence-electron chi connectivity index (χ3n) is 6.50. The largest absolute Gasteiger partial charge is 0.350 e. The van der Waals surface area contributed by atoms with E-state index in [4.69, 9.17) is 11.6 Å². The number of carbonyl (C=O) groups excluding carboxylic acids is 4. The summed E-state index contributed by atoms with van der Waals surface area (Å²) in [6.07, 6.45) is 0.567. The molecule has 0 aliphatic heterocycles. The molecule has 0 spiro atoms. The summed E-state index contributed by atoms with van der Waals surface area (Å²) >= 11 is 5.80. The molecule has 3 amide bonds. The van der Waals surface area contributed by atoms with Crippen molar-refractivity contribution in [3.63, 3.8) is 0 Å². The van der Waals surface area contributed by atoms with E-state index in [2.05, 4.69) is 15.7 Å². The van der Waals surface area contributed by atoms with E-state index in [1.165, 1.54) is 21.7 Å². The average Bonchev–Trinajstić information content (AvgIpc) is 3.32. The minimum absolute atomic E-state index is 0.0446. The second-order valence-electron chi connectivity index (χ2n) is 9.67. The SMILES string of the molecule is CC(C)N(CC(=O)NCc1cccc(Cl)c1F)C(=O)Cn1nc(C=O)c2cc(C(=O)NCc3ccccc3)ccc21. The van der Waals surface area contributed by atoms with Crippen LogP contribution >= 0.6 is 11.6 Å². The molecule has 0 aliphatic rings. The lowest BCUT2D eigenvalue weighted by atomic mass is 10.1. The summed E-state index contributed by atoms with van der Waals surface area (Å²) in [4.78, 5) is 51.8. The van der Waals surface area contributed by atoms with Gasteiger partial charge in [0.1, 0.15) is 18.1 Å². The highest BCUT2D eigenvalue weighted by molar-refractivity contribution is 6.30. The van der Waals surface area contributed by atoms with E-state index in [-0.39, 0.29) is 47.9 Å². The van der Waals surface area contributed by atoms with Gasteiger partial charge in [-0.1, -0.05) is 54.1 Å². The highest BCUT2D eigenvalue weighted by atomic mass is 35.5. The first-order valence-corrected chi connectivity index (χ1v) is 13.3. The molecule has 0 radical (unpaired) electrons. The number of hydrogen-bond acceptors (Lipinski definition) is 5. The number of halogens is 2. The van der Waals surface area contributed by atoms with Crippen molar-refractivity contribution in [2.75, 3.05) is 6.54 Å². The van der Waals surface area contributed by atoms with Crippen molar-refractivity contribution in [3.8, 4) is 0 Å². The molecule has 11 heteroatoms. The summed E-state index contributed by atoms with van der Waals surface area (Å²) < 4.78 is 15.5. The van der Waals surface area contributed by atoms with Gasteiger partial charge in [-0.05, 0) is 43.7 Å². The Balaban J connectivity index is 1.45. The summed E-state index contributed by atoms with van der Waals surface area (Å²) in [7, 11) is 0. The molecule has 0 fully saturated rings. The molecule has 0 saturated carbocycles. The van der Waals surface area contributed by atoms with Crippen LogP contribution in [-0.2, 0) is 29.2 Å². The molecule has 41 heavy (non-hydrogen) atoms. The molecule has 0 aliphatic carbocycles. The number of rotatable bonds is 11. The van der Waals surface area contributed by atoms with Crippen LogP contribution in [0, 0.1) is 5.82 Å². The van der Waals surface area contributed by atoms with Crippen LogP contribution in [0.2, 0.25) is 5.02 Å². The number of carbonyl (C=O) groups is 4. The molecule has 1 aromatic heterocycles. The Morgan fingerprint density at radius 2 is 1.78 bits per heavy atom. The molecule has 3 aromatic carbocycles. The molecule has 9 nitrogen and oxygen atoms in total. The summed E-state index contributed by atoms with van der Waals surface area (Å²) in [6.45, 7) is 3.29. The molecule has 0 unspecified atom stereocenters. The van der Waals surface area contributed by atoms with Gasteiger partial charge in [0.25, 0.3) is 5.91 Å². The minimum Gasteiger partial charge on any atom is -0.350 e. The smallest absolute Gasteiger partial charge is 0.251 e. The lowest BCUT2D eigenvalue weighted by molar-refractivity contribution is -0.138. The fourth-order valence-corrected chi connectivity index (χ4v) is 4.49. The van der Waals surface area contributed by atoms with Gasteiger partial charge < -0.3 is 15.5 Å². The highest BCUT2D eigenvalue weighted by Crippen LogP contribution is 2.21. The van der Waals surface area contributed by atoms with E-state index in [9.17, 15) is 23.6 Å². The van der Waals surface area contributed by atoms with E-state index >= 15 is 0 Å². The van der Waals surface area contributed by atoms with Crippen LogP contribution in [0.1, 0.15) is 45.8 Å². The van der Waals surface area contributed by atoms with Crippen molar-refractivity contribution in [3.05, 3.63) is 100.0 Å². The maximum atomic E-state index is 14.1. The zero-order valence-corrected chi connectivity index (χ0v) is 23.3. The number of benzene rings is 3. The monoisotopic (exact) mass is 577 g/mol. The second kappa shape index (κ2) is 13.2. The maximum absolute atomic E-state index is 14.1. The minimum atomic E-state index is -0.611. The van der Waals surface area contributed by atoms with Gasteiger partial charge in [0.2, 0.25) is 11.8 Å². The Morgan fingerprint density at radius 3 is 2.49 bits per heavy atom. The van der Waals surface area contributed by atoms with Crippen molar-refractivity contribution in [2.45, 2.75) is 39.5 Å². The number of aldehydes is 1. The van der Waals surface area contributed by atoms with Crippen molar-refractivity contribution in [1.82, 2.24) is 25.3 Å². The predicted octanol–water partition coefficient (Wildman–Crippen LogP) is 4.12. The van der Waals surface area contributed by atoms with Gasteiger partial charge in [0.15, 0.2) is 6.29 Å². The van der Waals surface area contributed by atoms with Crippen LogP contribution < -0.4 is 10.6 Å². The van der Waals surface area contributed by atoms with Gasteiger partial charge in [-0.2, -0.15) is 5.10 Å². The lowest BCUT2D eigenvalue weighted by Gasteiger charge is -2.26. The van der Waals surface area contributed by atoms with Crippen LogP contribution in [0.15, 0.2) is 66.7 Å². The van der Waals surface area contributed by atoms with E-state index in [0.717, 1.165) is 5.56 Å². The molecule has 212 valence electrons. The predicted molar refractivity (Wildman–Crippen MR) is 153 cm³/mol. The van der Waals surface area contributed by atoms with E-state index < -0.39 is 17.6 Å². The fraction of sp³-hybridized carbons (Fsp3) is 0.233. The summed E-state index contributed by atoms with van der Waals surface area (Å²) in [5.41, 5.74) is 2.10. The molecule has 0 bridgehead atoms. The third-order valence-corrected chi connectivity index (χ3v) is 6.79. The Morgan fingerprint density at radius 1 is 1.02 bits per heavy atom. The topological polar surface area (TPSA) is 113 Å². The molecular formula is C30H29ClFN5O4. The van der Waals surface area contributed by atoms with Gasteiger partial charge in [0.05, 0.1) is 17.1 Å². The van der Waals surface area contributed by atoms with Crippen LogP contribution in [0.3, 0.4) is 0 Å². The number of nitrogens with zero attached hydrogens (tertiary/aromatic N) is 3. The van der Waals surface area contributed by atoms with Crippen LogP contribution in [-0.4, -0.2) is 51.3 Å². The fourth-order valence-electron chi connectivity index (χ4n) is 4.30. The Bertz CT molecular complexity index is 1590. The third kappa shape index (κ3) is 7.15. The van der Waals surface area contributed by atoms with Crippen LogP contribution in [0.5, 0.6) is 0 Å². The Kier molecular flexibility index (Phi) is 9.46. The number of fused-ring (bicyclic) bond motifs is 1. The van der Waals surface area contributed by atoms with Crippen LogP contribution in [0.4, 0.5) is 4.39 Å². The zero-order valence-electron chi connectivity index (χ0n) is 22.6. The van der Waals surface area contributed by atoms with Gasteiger partial charge in [-0.3, -0.25) is 23.9 Å². The molecular weight excluding hydrogens is 549 g/mol. The first-order chi connectivity index (χ1) is 19.7. The second-order valence-corrected chi connectivity index (χ2v) is 10.1. The number of nitrogens with one attached hydrogen (secondary N) is 2. The Hall–Kier alpha value is -4.57. The summed E-state index contributed by atoms with van der Waals surface area (Å²) in [5, 5.41) is 10.1. The Labute approximate surface area is 241 Å². The van der Waals surface area contributed by atoms with Crippen molar-refractivity contribution >= 4 is 46.5 Å². The number of hydrogen-bond donors (Lipinski definition) is 2. The standard InChI is InChI=1S/C30H29ClFN5O4/c1-19(2)36(16-27(39)33-15-22-9-6-10-24(31)29(22)32)28(40)17-37-26-12-11-21(13-23(26)25(18-38)35-37)30(41)34-14-20-7-4-3-5-8-20/h3-13,18-19H,14-17H2,1-2H3,(H,33,39)(H,34,41). The van der Waals surface area contributed by atoms with E-state index in [1.807, 2.05) is 30.3 Å². The highest BCUT2D eigenvalue weighted by Gasteiger charge is 2.23. The molecule has 4 rings (SSSR count). The van der Waals surface area contributed by atoms with Crippen LogP contribution in [0.25, 0.3) is 10.9 Å². The van der Waals surface area contributed by atoms with Crippen molar-refractivity contribution in [1.29, 1.82) is 0 Å². The normalized spacial score (nSPS) is 11.0. The molecule has 4 aromatic rings. The van der Waals surface area contributed by atoms with Gasteiger partial charge >= 0.3 is 0 Å². The van der Waals surface area contributed by atoms with Gasteiger partial charge in [-0.25, -0.2) is 4.39 Å². The summed E-state index contributed by atoms with van der Waals surface area (Å²) in [5.74, 6) is -1.81. The molecule has 2 N–H and O–H groups in total. The summed E-state index contributed by atoms with van der Waals surface area (Å²) in [6, 6.07) is 18.4. The number of aromatic nitrogens is 2. The molecule has 0 saturated heterocycles. The maximum Gasteiger partial charge on any atom is 0.251 e. The van der Waals surface area contributed by atoms with Crippen molar-refractivity contribution in [2.24, 2.45) is 0 Å². The average molecular weight is 578 g/mol. The van der Waals surface area contributed by atoms with Crippen molar-refractivity contribution < 1.29 is 23.6 Å². The van der Waals surface area contributed by atoms with E-state index in [0.29, 0.717) is 29.3 Å². The zero-order chi connectivity index (χ0) is 29.5. The number of amides is 3. The van der Waals surface area contributed by atoms with Gasteiger partial charge in [0, 0.05) is 35.6 Å². The quantitative estimate of drug-likeness (QED) is 0.260. The first-order valence-electron chi connectivity index (χ1n) is 12.9. The lowest BCUT2D eigenvalue weighted by Crippen LogP contribution is -2.45. The molecule has 0 atom stereocenters. The van der Waals surface area contributed by atoms with Gasteiger partial charge in [-0.15, -0.1) is 0 Å². The van der Waals surface area contributed by atoms with E-state index in [1.54, 1.807) is 38.1 Å².